The maximum Gasteiger partial charge on any atom is 0.262 e. The lowest BCUT2D eigenvalue weighted by Crippen LogP contribution is -2.21. The Bertz CT molecular complexity index is 711. The topological polar surface area (TPSA) is 81.4 Å². The van der Waals surface area contributed by atoms with Crippen molar-refractivity contribution in [2.45, 2.75) is 26.2 Å². The third kappa shape index (κ3) is 4.59. The molecule has 0 saturated carbocycles. The van der Waals surface area contributed by atoms with E-state index in [-0.39, 0.29) is 12.5 Å². The summed E-state index contributed by atoms with van der Waals surface area (Å²) in [5.74, 6) is 0.139. The molecule has 0 aliphatic carbocycles. The fourth-order valence-electron chi connectivity index (χ4n) is 2.31. The van der Waals surface area contributed by atoms with E-state index in [0.29, 0.717) is 17.2 Å². The van der Waals surface area contributed by atoms with E-state index in [2.05, 4.69) is 19.2 Å². The maximum absolute atomic E-state index is 12.1. The predicted molar refractivity (Wildman–Crippen MR) is 94.2 cm³/mol. The molecule has 0 unspecified atom stereocenters. The van der Waals surface area contributed by atoms with E-state index in [1.165, 1.54) is 0 Å². The second kappa shape index (κ2) is 8.15. The van der Waals surface area contributed by atoms with E-state index >= 15 is 0 Å². The van der Waals surface area contributed by atoms with Crippen LogP contribution >= 0.6 is 0 Å². The predicted octanol–water partition coefficient (Wildman–Crippen LogP) is 3.32. The quantitative estimate of drug-likeness (QED) is 0.819. The molecule has 0 saturated heterocycles. The summed E-state index contributed by atoms with van der Waals surface area (Å²) in [4.78, 5) is 23.1. The van der Waals surface area contributed by atoms with E-state index in [0.717, 1.165) is 17.7 Å². The Hall–Kier alpha value is -2.82. The van der Waals surface area contributed by atoms with Crippen LogP contribution in [0.15, 0.2) is 48.5 Å². The van der Waals surface area contributed by atoms with Crippen LogP contribution in [0.3, 0.4) is 0 Å². The van der Waals surface area contributed by atoms with Gasteiger partial charge in [0.25, 0.3) is 5.91 Å². The summed E-state index contributed by atoms with van der Waals surface area (Å²) in [6.45, 7) is 4.13. The van der Waals surface area contributed by atoms with Crippen molar-refractivity contribution in [3.05, 3.63) is 59.7 Å². The molecule has 0 radical (unpaired) electrons. The Balaban J connectivity index is 1.95. The number of amides is 2. The highest BCUT2D eigenvalue weighted by molar-refractivity contribution is 5.93. The van der Waals surface area contributed by atoms with Crippen molar-refractivity contribution in [3.63, 3.8) is 0 Å². The molecule has 2 aromatic rings. The van der Waals surface area contributed by atoms with Gasteiger partial charge in [-0.25, -0.2) is 0 Å². The molecule has 2 aromatic carbocycles. The molecule has 1 atom stereocenters. The van der Waals surface area contributed by atoms with Crippen LogP contribution in [-0.2, 0) is 4.79 Å². The van der Waals surface area contributed by atoms with Crippen molar-refractivity contribution in [2.75, 3.05) is 11.9 Å². The van der Waals surface area contributed by atoms with E-state index in [1.54, 1.807) is 24.3 Å². The number of rotatable bonds is 7. The highest BCUT2D eigenvalue weighted by Crippen LogP contribution is 2.26. The Kier molecular flexibility index (Phi) is 5.95. The lowest BCUT2D eigenvalue weighted by molar-refractivity contribution is -0.118. The summed E-state index contributed by atoms with van der Waals surface area (Å²) in [7, 11) is 0. The zero-order valence-electron chi connectivity index (χ0n) is 13.9. The van der Waals surface area contributed by atoms with Crippen LogP contribution in [0.2, 0.25) is 0 Å². The van der Waals surface area contributed by atoms with Gasteiger partial charge in [-0.05, 0) is 48.2 Å². The van der Waals surface area contributed by atoms with Crippen molar-refractivity contribution in [2.24, 2.45) is 5.73 Å². The van der Waals surface area contributed by atoms with Gasteiger partial charge in [-0.3, -0.25) is 9.59 Å². The molecule has 126 valence electrons. The summed E-state index contributed by atoms with van der Waals surface area (Å²) < 4.78 is 5.44. The van der Waals surface area contributed by atoms with Gasteiger partial charge in [0, 0.05) is 11.3 Å². The number of hydrogen-bond acceptors (Lipinski definition) is 3. The number of para-hydroxylation sites is 1. The van der Waals surface area contributed by atoms with Crippen LogP contribution in [0.25, 0.3) is 0 Å². The molecular formula is C19H22N2O3. The second-order valence-electron chi connectivity index (χ2n) is 5.62. The number of nitrogens with one attached hydrogen (secondary N) is 1. The second-order valence-corrected chi connectivity index (χ2v) is 5.62. The van der Waals surface area contributed by atoms with Crippen molar-refractivity contribution in [1.82, 2.24) is 0 Å². The van der Waals surface area contributed by atoms with Gasteiger partial charge >= 0.3 is 0 Å². The fraction of sp³-hybridized carbons (Fsp3) is 0.263. The Morgan fingerprint density at radius 1 is 1.12 bits per heavy atom. The number of carbonyl (C=O) groups excluding carboxylic acids is 2. The number of hydrogen-bond donors (Lipinski definition) is 2. The summed E-state index contributed by atoms with van der Waals surface area (Å²) in [5.41, 5.74) is 7.50. The van der Waals surface area contributed by atoms with Crippen molar-refractivity contribution in [1.29, 1.82) is 0 Å². The molecule has 0 aliphatic rings. The number of benzene rings is 2. The molecule has 0 aromatic heterocycles. The zero-order valence-corrected chi connectivity index (χ0v) is 13.9. The molecule has 5 nitrogen and oxygen atoms in total. The summed E-state index contributed by atoms with van der Waals surface area (Å²) in [5, 5.41) is 2.89. The largest absolute Gasteiger partial charge is 0.484 e. The van der Waals surface area contributed by atoms with Gasteiger partial charge in [0.2, 0.25) is 5.91 Å². The standard InChI is InChI=1S/C19H22N2O3/c1-3-13(2)16-6-4-5-7-17(16)21-18(22)12-24-15-10-8-14(9-11-15)19(20)23/h4-11,13H,3,12H2,1-2H3,(H2,20,23)(H,21,22)/t13-/m0/s1. The number of anilines is 1. The van der Waals surface area contributed by atoms with Gasteiger partial charge in [0.1, 0.15) is 5.75 Å². The molecule has 24 heavy (non-hydrogen) atoms. The van der Waals surface area contributed by atoms with Gasteiger partial charge in [0.15, 0.2) is 6.61 Å². The molecule has 0 fully saturated rings. The third-order valence-corrected chi connectivity index (χ3v) is 3.89. The smallest absolute Gasteiger partial charge is 0.262 e. The van der Waals surface area contributed by atoms with Gasteiger partial charge < -0.3 is 15.8 Å². The summed E-state index contributed by atoms with van der Waals surface area (Å²) >= 11 is 0. The number of nitrogens with two attached hydrogens (primary N) is 1. The molecule has 3 N–H and O–H groups in total. The zero-order chi connectivity index (χ0) is 17.5. The average molecular weight is 326 g/mol. The van der Waals surface area contributed by atoms with Crippen LogP contribution in [0.1, 0.15) is 42.1 Å². The molecular weight excluding hydrogens is 304 g/mol. The van der Waals surface area contributed by atoms with Gasteiger partial charge in [-0.2, -0.15) is 0 Å². The molecule has 2 rings (SSSR count). The normalized spacial score (nSPS) is 11.6. The van der Waals surface area contributed by atoms with Crippen LogP contribution < -0.4 is 15.8 Å². The van der Waals surface area contributed by atoms with Crippen LogP contribution in [0.4, 0.5) is 5.69 Å². The monoisotopic (exact) mass is 326 g/mol. The molecule has 0 heterocycles. The number of primary amides is 1. The minimum absolute atomic E-state index is 0.106. The number of carbonyl (C=O) groups is 2. The van der Waals surface area contributed by atoms with Gasteiger partial charge in [0.05, 0.1) is 0 Å². The lowest BCUT2D eigenvalue weighted by Gasteiger charge is -2.15. The fourth-order valence-corrected chi connectivity index (χ4v) is 2.31. The Morgan fingerprint density at radius 2 is 1.79 bits per heavy atom. The van der Waals surface area contributed by atoms with E-state index in [4.69, 9.17) is 10.5 Å². The first kappa shape index (κ1) is 17.5. The Morgan fingerprint density at radius 3 is 2.42 bits per heavy atom. The minimum Gasteiger partial charge on any atom is -0.484 e. The molecule has 0 aliphatic heterocycles. The molecule has 0 bridgehead atoms. The van der Waals surface area contributed by atoms with Crippen molar-refractivity contribution < 1.29 is 14.3 Å². The number of ether oxygens (including phenoxy) is 1. The first-order chi connectivity index (χ1) is 11.5. The lowest BCUT2D eigenvalue weighted by atomic mass is 9.97. The summed E-state index contributed by atoms with van der Waals surface area (Å²) in [6.07, 6.45) is 0.996. The van der Waals surface area contributed by atoms with Crippen molar-refractivity contribution >= 4 is 17.5 Å². The van der Waals surface area contributed by atoms with Gasteiger partial charge in [-0.15, -0.1) is 0 Å². The first-order valence-corrected chi connectivity index (χ1v) is 7.92. The highest BCUT2D eigenvalue weighted by atomic mass is 16.5. The minimum atomic E-state index is -0.499. The van der Waals surface area contributed by atoms with E-state index in [1.807, 2.05) is 24.3 Å². The summed E-state index contributed by atoms with van der Waals surface area (Å²) in [6, 6.07) is 14.1. The molecule has 5 heteroatoms. The van der Waals surface area contributed by atoms with Crippen molar-refractivity contribution in [3.8, 4) is 5.75 Å². The van der Waals surface area contributed by atoms with Crippen LogP contribution in [0, 0.1) is 0 Å². The first-order valence-electron chi connectivity index (χ1n) is 7.92. The van der Waals surface area contributed by atoms with E-state index < -0.39 is 5.91 Å². The molecule has 0 spiro atoms. The third-order valence-electron chi connectivity index (χ3n) is 3.89. The van der Waals surface area contributed by atoms with E-state index in [9.17, 15) is 9.59 Å². The molecule has 2 amide bonds. The van der Waals surface area contributed by atoms with Crippen LogP contribution in [0.5, 0.6) is 5.75 Å². The Labute approximate surface area is 141 Å². The SMILES string of the molecule is CC[C@H](C)c1ccccc1NC(=O)COc1ccc(C(N)=O)cc1. The average Bonchev–Trinajstić information content (AvgIpc) is 2.60. The highest BCUT2D eigenvalue weighted by Gasteiger charge is 2.11. The maximum atomic E-state index is 12.1. The van der Waals surface area contributed by atoms with Crippen LogP contribution in [-0.4, -0.2) is 18.4 Å². The van der Waals surface area contributed by atoms with Gasteiger partial charge in [-0.1, -0.05) is 32.0 Å².